The zero-order valence-electron chi connectivity index (χ0n) is 14.4. The lowest BCUT2D eigenvalue weighted by atomic mass is 10.2. The summed E-state index contributed by atoms with van der Waals surface area (Å²) in [5.74, 6) is -0.132. The molecule has 5 nitrogen and oxygen atoms in total. The van der Waals surface area contributed by atoms with Crippen molar-refractivity contribution in [3.05, 3.63) is 52.5 Å². The van der Waals surface area contributed by atoms with Crippen LogP contribution < -0.4 is 4.90 Å². The summed E-state index contributed by atoms with van der Waals surface area (Å²) in [5.41, 5.74) is 2.01. The van der Waals surface area contributed by atoms with Gasteiger partial charge in [0.1, 0.15) is 5.69 Å². The summed E-state index contributed by atoms with van der Waals surface area (Å²) in [7, 11) is 0. The molecule has 24 heavy (non-hydrogen) atoms. The van der Waals surface area contributed by atoms with E-state index in [0.717, 1.165) is 35.5 Å². The van der Waals surface area contributed by atoms with Gasteiger partial charge in [0.05, 0.1) is 11.9 Å². The third-order valence-corrected chi connectivity index (χ3v) is 4.39. The molecule has 0 aliphatic heterocycles. The van der Waals surface area contributed by atoms with Gasteiger partial charge in [-0.1, -0.05) is 35.8 Å². The van der Waals surface area contributed by atoms with Crippen LogP contribution in [-0.4, -0.2) is 47.0 Å². The predicted molar refractivity (Wildman–Crippen MR) is 100 cm³/mol. The van der Waals surface area contributed by atoms with Crippen LogP contribution in [0.15, 0.2) is 41.1 Å². The molecule has 0 aliphatic rings. The Kier molecular flexibility index (Phi) is 6.87. The van der Waals surface area contributed by atoms with Crippen LogP contribution in [0.1, 0.15) is 30.0 Å². The van der Waals surface area contributed by atoms with Gasteiger partial charge < -0.3 is 9.80 Å². The summed E-state index contributed by atoms with van der Waals surface area (Å²) in [6.07, 6.45) is 3.16. The number of hydrogen-bond donors (Lipinski definition) is 0. The van der Waals surface area contributed by atoms with Crippen LogP contribution in [0.2, 0.25) is 0 Å². The number of aromatic nitrogens is 2. The smallest absolute Gasteiger partial charge is 0.278 e. The third kappa shape index (κ3) is 4.85. The normalized spacial score (nSPS) is 10.9. The van der Waals surface area contributed by atoms with Gasteiger partial charge in [-0.25, -0.2) is 4.98 Å². The second kappa shape index (κ2) is 8.89. The molecule has 6 heteroatoms. The number of likely N-dealkylation sites (N-methyl/N-ethyl adjacent to an activating group) is 1. The zero-order valence-corrected chi connectivity index (χ0v) is 16.0. The van der Waals surface area contributed by atoms with Crippen LogP contribution in [-0.2, 0) is 0 Å². The molecule has 0 saturated carbocycles. The molecule has 2 rings (SSSR count). The number of rotatable bonds is 7. The minimum atomic E-state index is -0.132. The maximum Gasteiger partial charge on any atom is 0.278 e. The van der Waals surface area contributed by atoms with Crippen molar-refractivity contribution < 1.29 is 4.79 Å². The molecular weight excluding hydrogens is 368 g/mol. The van der Waals surface area contributed by atoms with Crippen LogP contribution in [0.4, 0.5) is 5.69 Å². The Balaban J connectivity index is 2.27. The first kappa shape index (κ1) is 18.5. The highest BCUT2D eigenvalue weighted by molar-refractivity contribution is 9.10. The average molecular weight is 391 g/mol. The number of hydrogen-bond acceptors (Lipinski definition) is 4. The highest BCUT2D eigenvalue weighted by Gasteiger charge is 2.20. The van der Waals surface area contributed by atoms with Gasteiger partial charge in [0.2, 0.25) is 0 Å². The largest absolute Gasteiger partial charge is 0.306 e. The SMILES string of the molecule is CCN(CC)CCN(C(=O)c1cnc(C)cn1)c1cccc(Br)c1. The van der Waals surface area contributed by atoms with Gasteiger partial charge in [0.25, 0.3) is 5.91 Å². The second-order valence-electron chi connectivity index (χ2n) is 5.51. The maximum absolute atomic E-state index is 12.9. The summed E-state index contributed by atoms with van der Waals surface area (Å²) in [6, 6.07) is 7.76. The van der Waals surface area contributed by atoms with Crippen molar-refractivity contribution in [3.63, 3.8) is 0 Å². The van der Waals surface area contributed by atoms with Crippen molar-refractivity contribution in [2.75, 3.05) is 31.1 Å². The summed E-state index contributed by atoms with van der Waals surface area (Å²) < 4.78 is 0.940. The molecule has 0 unspecified atom stereocenters. The van der Waals surface area contributed by atoms with Crippen molar-refractivity contribution in [1.82, 2.24) is 14.9 Å². The van der Waals surface area contributed by atoms with E-state index in [-0.39, 0.29) is 5.91 Å². The molecule has 0 N–H and O–H groups in total. The average Bonchev–Trinajstić information content (AvgIpc) is 2.59. The Labute approximate surface area is 151 Å². The highest BCUT2D eigenvalue weighted by atomic mass is 79.9. The molecule has 0 radical (unpaired) electrons. The summed E-state index contributed by atoms with van der Waals surface area (Å²) in [4.78, 5) is 25.4. The quantitative estimate of drug-likeness (QED) is 0.725. The molecule has 0 bridgehead atoms. The molecule has 0 spiro atoms. The van der Waals surface area contributed by atoms with E-state index in [9.17, 15) is 4.79 Å². The molecule has 128 valence electrons. The van der Waals surface area contributed by atoms with Gasteiger partial charge in [0.15, 0.2) is 0 Å². The fraction of sp³-hybridized carbons (Fsp3) is 0.389. The van der Waals surface area contributed by atoms with Crippen molar-refractivity contribution >= 4 is 27.5 Å². The first-order valence-corrected chi connectivity index (χ1v) is 8.92. The van der Waals surface area contributed by atoms with Crippen LogP contribution in [0, 0.1) is 6.92 Å². The van der Waals surface area contributed by atoms with Crippen molar-refractivity contribution in [3.8, 4) is 0 Å². The Hall–Kier alpha value is -1.79. The number of carbonyl (C=O) groups is 1. The Bertz CT molecular complexity index is 671. The Morgan fingerprint density at radius 1 is 1.12 bits per heavy atom. The lowest BCUT2D eigenvalue weighted by molar-refractivity contribution is 0.0978. The van der Waals surface area contributed by atoms with Crippen molar-refractivity contribution in [2.45, 2.75) is 20.8 Å². The first-order valence-electron chi connectivity index (χ1n) is 8.13. The molecule has 1 heterocycles. The van der Waals surface area contributed by atoms with Crippen LogP contribution in [0.25, 0.3) is 0 Å². The van der Waals surface area contributed by atoms with Gasteiger partial charge >= 0.3 is 0 Å². The molecule has 2 aromatic rings. The minimum absolute atomic E-state index is 0.132. The zero-order chi connectivity index (χ0) is 17.5. The predicted octanol–water partition coefficient (Wildman–Crippen LogP) is 3.54. The fourth-order valence-corrected chi connectivity index (χ4v) is 2.80. The third-order valence-electron chi connectivity index (χ3n) is 3.90. The molecule has 0 atom stereocenters. The lowest BCUT2D eigenvalue weighted by Crippen LogP contribution is -2.39. The first-order chi connectivity index (χ1) is 11.5. The van der Waals surface area contributed by atoms with Gasteiger partial charge in [-0.3, -0.25) is 9.78 Å². The van der Waals surface area contributed by atoms with Gasteiger partial charge in [0, 0.05) is 29.4 Å². The number of benzene rings is 1. The number of amides is 1. The number of carbonyl (C=O) groups excluding carboxylic acids is 1. The standard InChI is InChI=1S/C18H23BrN4O/c1-4-22(5-2)9-10-23(16-8-6-7-15(19)11-16)18(24)17-13-20-14(3)12-21-17/h6-8,11-13H,4-5,9-10H2,1-3H3. The monoisotopic (exact) mass is 390 g/mol. The number of halogens is 1. The number of anilines is 1. The Morgan fingerprint density at radius 3 is 2.46 bits per heavy atom. The topological polar surface area (TPSA) is 49.3 Å². The number of nitrogens with zero attached hydrogens (tertiary/aromatic N) is 4. The van der Waals surface area contributed by atoms with E-state index in [2.05, 4.69) is 44.6 Å². The molecule has 1 aromatic heterocycles. The van der Waals surface area contributed by atoms with Gasteiger partial charge in [-0.15, -0.1) is 0 Å². The van der Waals surface area contributed by atoms with E-state index in [1.54, 1.807) is 17.3 Å². The summed E-state index contributed by atoms with van der Waals surface area (Å²) >= 11 is 3.48. The summed E-state index contributed by atoms with van der Waals surface area (Å²) in [6.45, 7) is 9.44. The van der Waals surface area contributed by atoms with Crippen LogP contribution >= 0.6 is 15.9 Å². The van der Waals surface area contributed by atoms with Crippen LogP contribution in [0.3, 0.4) is 0 Å². The van der Waals surface area contributed by atoms with Crippen molar-refractivity contribution in [2.24, 2.45) is 0 Å². The van der Waals surface area contributed by atoms with Gasteiger partial charge in [-0.2, -0.15) is 0 Å². The van der Waals surface area contributed by atoms with E-state index >= 15 is 0 Å². The lowest BCUT2D eigenvalue weighted by Gasteiger charge is -2.26. The van der Waals surface area contributed by atoms with E-state index < -0.39 is 0 Å². The Morgan fingerprint density at radius 2 is 1.88 bits per heavy atom. The second-order valence-corrected chi connectivity index (χ2v) is 6.42. The molecule has 1 amide bonds. The molecule has 0 fully saturated rings. The molecular formula is C18H23BrN4O. The van der Waals surface area contributed by atoms with Gasteiger partial charge in [-0.05, 0) is 38.2 Å². The maximum atomic E-state index is 12.9. The number of aryl methyl sites for hydroxylation is 1. The van der Waals surface area contributed by atoms with E-state index in [0.29, 0.717) is 12.2 Å². The minimum Gasteiger partial charge on any atom is -0.306 e. The summed E-state index contributed by atoms with van der Waals surface area (Å²) in [5, 5.41) is 0. The van der Waals surface area contributed by atoms with E-state index in [4.69, 9.17) is 0 Å². The van der Waals surface area contributed by atoms with E-state index in [1.165, 1.54) is 0 Å². The fourth-order valence-electron chi connectivity index (χ4n) is 2.41. The van der Waals surface area contributed by atoms with E-state index in [1.807, 2.05) is 31.2 Å². The van der Waals surface area contributed by atoms with Crippen LogP contribution in [0.5, 0.6) is 0 Å². The highest BCUT2D eigenvalue weighted by Crippen LogP contribution is 2.21. The molecule has 0 saturated heterocycles. The molecule has 1 aromatic carbocycles. The van der Waals surface area contributed by atoms with Crippen molar-refractivity contribution in [1.29, 1.82) is 0 Å². The molecule has 0 aliphatic carbocycles.